The lowest BCUT2D eigenvalue weighted by atomic mass is 10.0. The molecular weight excluding hydrogens is 701 g/mol. The summed E-state index contributed by atoms with van der Waals surface area (Å²) in [6.07, 6.45) is 45.5. The fourth-order valence-corrected chi connectivity index (χ4v) is 6.21. The molecule has 0 heterocycles. The van der Waals surface area contributed by atoms with E-state index in [9.17, 15) is 19.0 Å². The van der Waals surface area contributed by atoms with Crippen LogP contribution < -0.4 is 5.32 Å². The number of hydrogen-bond acceptors (Lipinski definition) is 8. The van der Waals surface area contributed by atoms with Crippen LogP contribution in [-0.4, -0.2) is 56.3 Å². The van der Waals surface area contributed by atoms with E-state index in [2.05, 4.69) is 79.9 Å². The summed E-state index contributed by atoms with van der Waals surface area (Å²) < 4.78 is 33.1. The van der Waals surface area contributed by atoms with Gasteiger partial charge < -0.3 is 19.7 Å². The van der Waals surface area contributed by atoms with Gasteiger partial charge in [0.2, 0.25) is 0 Å². The number of hydrogen-bond donors (Lipinski definition) is 2. The van der Waals surface area contributed by atoms with Crippen molar-refractivity contribution in [2.45, 2.75) is 174 Å². The number of allylic oxidation sites excluding steroid dienone is 10. The van der Waals surface area contributed by atoms with Gasteiger partial charge in [-0.25, -0.2) is 4.57 Å². The molecule has 312 valence electrons. The molecule has 0 saturated carbocycles. The van der Waals surface area contributed by atoms with Crippen molar-refractivity contribution in [3.05, 3.63) is 60.8 Å². The summed E-state index contributed by atoms with van der Waals surface area (Å²) in [6, 6.07) is 0. The van der Waals surface area contributed by atoms with Gasteiger partial charge in [0.05, 0.1) is 13.2 Å². The zero-order chi connectivity index (χ0) is 39.6. The van der Waals surface area contributed by atoms with Crippen LogP contribution in [0.3, 0.4) is 0 Å². The molecule has 0 bridgehead atoms. The molecule has 54 heavy (non-hydrogen) atoms. The Labute approximate surface area is 330 Å². The van der Waals surface area contributed by atoms with Gasteiger partial charge in [-0.15, -0.1) is 0 Å². The molecule has 0 spiro atoms. The molecule has 0 aromatic heterocycles. The second-order valence-electron chi connectivity index (χ2n) is 13.8. The van der Waals surface area contributed by atoms with Crippen LogP contribution in [0.5, 0.6) is 0 Å². The third-order valence-corrected chi connectivity index (χ3v) is 9.64. The lowest BCUT2D eigenvalue weighted by Crippen LogP contribution is -2.29. The highest BCUT2D eigenvalue weighted by Crippen LogP contribution is 2.43. The smallest absolute Gasteiger partial charge is 0.462 e. The van der Waals surface area contributed by atoms with Gasteiger partial charge in [-0.05, 0) is 64.8 Å². The van der Waals surface area contributed by atoms with Gasteiger partial charge in [-0.1, -0.05) is 158 Å². The van der Waals surface area contributed by atoms with Crippen molar-refractivity contribution in [3.63, 3.8) is 0 Å². The fourth-order valence-electron chi connectivity index (χ4n) is 5.46. The van der Waals surface area contributed by atoms with Gasteiger partial charge in [0, 0.05) is 19.4 Å². The number of carbonyl (C=O) groups excluding carboxylic acids is 2. The molecule has 2 N–H and O–H groups in total. The Hall–Kier alpha value is -2.29. The minimum Gasteiger partial charge on any atom is -0.462 e. The fraction of sp³-hybridized carbons (Fsp3) is 0.727. The highest BCUT2D eigenvalue weighted by Gasteiger charge is 2.26. The Bertz CT molecular complexity index is 1070. The number of carbonyl (C=O) groups is 2. The van der Waals surface area contributed by atoms with E-state index < -0.39 is 26.5 Å². The van der Waals surface area contributed by atoms with E-state index in [1.807, 2.05) is 0 Å². The highest BCUT2D eigenvalue weighted by molar-refractivity contribution is 7.47. The lowest BCUT2D eigenvalue weighted by molar-refractivity contribution is -0.161. The Balaban J connectivity index is 4.31. The average Bonchev–Trinajstić information content (AvgIpc) is 3.15. The normalized spacial score (nSPS) is 13.9. The number of phosphoric ester groups is 1. The van der Waals surface area contributed by atoms with Gasteiger partial charge in [-0.2, -0.15) is 0 Å². The number of likely N-dealkylation sites (N-methyl/N-ethyl adjacent to an activating group) is 1. The van der Waals surface area contributed by atoms with Crippen molar-refractivity contribution in [3.8, 4) is 0 Å². The molecule has 9 nitrogen and oxygen atoms in total. The largest absolute Gasteiger partial charge is 0.472 e. The number of nitrogens with one attached hydrogen (secondary N) is 1. The second kappa shape index (κ2) is 40.4. The van der Waals surface area contributed by atoms with Crippen molar-refractivity contribution < 1.29 is 37.6 Å². The van der Waals surface area contributed by atoms with Crippen LogP contribution in [0.25, 0.3) is 0 Å². The van der Waals surface area contributed by atoms with E-state index in [1.54, 1.807) is 7.05 Å². The predicted octanol–water partition coefficient (Wildman–Crippen LogP) is 12.0. The van der Waals surface area contributed by atoms with Crippen LogP contribution in [0.2, 0.25) is 0 Å². The molecule has 0 radical (unpaired) electrons. The molecule has 0 fully saturated rings. The van der Waals surface area contributed by atoms with Crippen LogP contribution in [0, 0.1) is 0 Å². The van der Waals surface area contributed by atoms with Crippen molar-refractivity contribution in [1.82, 2.24) is 5.32 Å². The quantitative estimate of drug-likeness (QED) is 0.0272. The zero-order valence-corrected chi connectivity index (χ0v) is 35.3. The maximum Gasteiger partial charge on any atom is 0.472 e. The van der Waals surface area contributed by atoms with Gasteiger partial charge in [-0.3, -0.25) is 18.6 Å². The van der Waals surface area contributed by atoms with Crippen LogP contribution >= 0.6 is 7.82 Å². The van der Waals surface area contributed by atoms with Crippen molar-refractivity contribution in [2.24, 2.45) is 0 Å². The molecule has 0 aliphatic carbocycles. The van der Waals surface area contributed by atoms with Crippen molar-refractivity contribution >= 4 is 19.8 Å². The summed E-state index contributed by atoms with van der Waals surface area (Å²) in [5.74, 6) is -0.846. The first-order valence-electron chi connectivity index (χ1n) is 21.2. The summed E-state index contributed by atoms with van der Waals surface area (Å²) in [7, 11) is -2.66. The molecule has 2 atom stereocenters. The Morgan fingerprint density at radius 2 is 1.06 bits per heavy atom. The first-order chi connectivity index (χ1) is 26.3. The molecule has 10 heteroatoms. The first kappa shape index (κ1) is 51.7. The van der Waals surface area contributed by atoms with Crippen molar-refractivity contribution in [1.29, 1.82) is 0 Å². The zero-order valence-electron chi connectivity index (χ0n) is 34.4. The standard InChI is InChI=1S/C44H78NO8P/c1-4-6-8-10-12-14-16-18-19-20-21-22-23-25-27-29-31-33-35-37-44(47)53-42(41-52-54(48,49)51-39-38-45-3)40-50-43(46)36-34-32-30-28-26-24-17-15-13-11-9-7-5-2/h6,8,12,14,18-19,21-22,25,27,42,45H,4-5,7,9-11,13,15-17,20,23-24,26,28-41H2,1-3H3,(H,48,49)/b8-6-,14-12-,19-18-,22-21-,27-25-. The molecule has 0 aromatic rings. The summed E-state index contributed by atoms with van der Waals surface area (Å²) in [5.41, 5.74) is 0. The molecule has 0 aromatic carbocycles. The van der Waals surface area contributed by atoms with Crippen molar-refractivity contribution in [2.75, 3.05) is 33.4 Å². The van der Waals surface area contributed by atoms with E-state index in [0.717, 1.165) is 70.6 Å². The number of unbranched alkanes of at least 4 members (excludes halogenated alkanes) is 15. The van der Waals surface area contributed by atoms with Gasteiger partial charge in [0.25, 0.3) is 0 Å². The van der Waals surface area contributed by atoms with E-state index in [-0.39, 0.29) is 32.0 Å². The van der Waals surface area contributed by atoms with Gasteiger partial charge in [0.1, 0.15) is 6.61 Å². The van der Waals surface area contributed by atoms with Gasteiger partial charge >= 0.3 is 19.8 Å². The number of rotatable bonds is 39. The molecule has 0 saturated heterocycles. The molecule has 0 aliphatic rings. The first-order valence-corrected chi connectivity index (χ1v) is 22.7. The Kier molecular flexibility index (Phi) is 38.7. The van der Waals surface area contributed by atoms with E-state index >= 15 is 0 Å². The number of ether oxygens (including phenoxy) is 2. The molecule has 0 amide bonds. The summed E-state index contributed by atoms with van der Waals surface area (Å²) in [6.45, 7) is 4.06. The maximum atomic E-state index is 12.6. The Morgan fingerprint density at radius 1 is 0.593 bits per heavy atom. The average molecular weight is 780 g/mol. The second-order valence-corrected chi connectivity index (χ2v) is 15.2. The lowest BCUT2D eigenvalue weighted by Gasteiger charge is -2.20. The summed E-state index contributed by atoms with van der Waals surface area (Å²) in [4.78, 5) is 35.0. The molecule has 0 rings (SSSR count). The maximum absolute atomic E-state index is 12.6. The predicted molar refractivity (Wildman–Crippen MR) is 224 cm³/mol. The monoisotopic (exact) mass is 780 g/mol. The molecule has 0 aliphatic heterocycles. The Morgan fingerprint density at radius 3 is 1.57 bits per heavy atom. The minimum atomic E-state index is -4.36. The van der Waals surface area contributed by atoms with E-state index in [1.165, 1.54) is 64.2 Å². The van der Waals surface area contributed by atoms with E-state index in [4.69, 9.17) is 18.5 Å². The minimum absolute atomic E-state index is 0.0253. The summed E-state index contributed by atoms with van der Waals surface area (Å²) in [5, 5.41) is 2.82. The van der Waals surface area contributed by atoms with E-state index in [0.29, 0.717) is 13.0 Å². The SMILES string of the molecule is CC/C=C\C/C=C\C/C=C\C/C=C\C/C=C\CCCCCC(=O)OC(COC(=O)CCCCCCCCCCCCCCC)COP(=O)(O)OCCNC. The van der Waals surface area contributed by atoms with Crippen LogP contribution in [0.1, 0.15) is 168 Å². The molecular formula is C44H78NO8P. The van der Waals surface area contributed by atoms with Crippen LogP contribution in [0.4, 0.5) is 0 Å². The summed E-state index contributed by atoms with van der Waals surface area (Å²) >= 11 is 0. The van der Waals surface area contributed by atoms with Crippen LogP contribution in [0.15, 0.2) is 60.8 Å². The van der Waals surface area contributed by atoms with Crippen LogP contribution in [-0.2, 0) is 32.7 Å². The number of esters is 2. The van der Waals surface area contributed by atoms with Gasteiger partial charge in [0.15, 0.2) is 6.10 Å². The topological polar surface area (TPSA) is 120 Å². The molecule has 2 unspecified atom stereocenters. The third-order valence-electron chi connectivity index (χ3n) is 8.65. The highest BCUT2D eigenvalue weighted by atomic mass is 31.2. The number of phosphoric acid groups is 1. The third kappa shape index (κ3) is 39.4.